The van der Waals surface area contributed by atoms with E-state index < -0.39 is 12.4 Å². The number of nitrogens with zero attached hydrogens (tertiary/aromatic N) is 1. The van der Waals surface area contributed by atoms with Crippen LogP contribution in [0.5, 0.6) is 0 Å². The van der Waals surface area contributed by atoms with Crippen molar-refractivity contribution in [3.05, 3.63) is 0 Å². The molecule has 2 N–H and O–H groups in total. The van der Waals surface area contributed by atoms with Gasteiger partial charge in [0.05, 0.1) is 6.10 Å². The Hall–Kier alpha value is -0.160. The Bertz CT molecular complexity index is 152. The van der Waals surface area contributed by atoms with Crippen molar-refractivity contribution in [2.45, 2.75) is 51.7 Å². The maximum atomic E-state index is 9.51. The van der Waals surface area contributed by atoms with Crippen LogP contribution in [0.4, 0.5) is 0 Å². The molecule has 0 amide bonds. The number of hydrogen-bond donors (Lipinski definition) is 2. The number of aliphatic hydroxyl groups excluding tert-OH is 2. The summed E-state index contributed by atoms with van der Waals surface area (Å²) < 4.78 is 5.06. The fourth-order valence-corrected chi connectivity index (χ4v) is 1.56. The molecular formula is C10H23NO3. The summed E-state index contributed by atoms with van der Waals surface area (Å²) in [6.45, 7) is 5.89. The van der Waals surface area contributed by atoms with E-state index in [0.29, 0.717) is 0 Å². The number of likely N-dealkylation sites (N-methyl/N-ethyl adjacent to an activating group) is 1. The largest absolute Gasteiger partial charge is 0.386 e. The van der Waals surface area contributed by atoms with Gasteiger partial charge in [-0.1, -0.05) is 13.8 Å². The normalized spacial score (nSPS) is 37.7. The summed E-state index contributed by atoms with van der Waals surface area (Å²) in [5, 5.41) is 18.8. The second kappa shape index (κ2) is 6.35. The molecular weight excluding hydrogens is 182 g/mol. The van der Waals surface area contributed by atoms with E-state index in [1.54, 1.807) is 0 Å². The van der Waals surface area contributed by atoms with Gasteiger partial charge in [0, 0.05) is 6.04 Å². The molecule has 4 nitrogen and oxygen atoms in total. The highest BCUT2D eigenvalue weighted by atomic mass is 16.6. The van der Waals surface area contributed by atoms with Crippen LogP contribution in [-0.2, 0) is 4.74 Å². The molecule has 86 valence electrons. The van der Waals surface area contributed by atoms with Crippen LogP contribution in [0, 0.1) is 0 Å². The zero-order chi connectivity index (χ0) is 11.3. The average molecular weight is 205 g/mol. The summed E-state index contributed by atoms with van der Waals surface area (Å²) in [7, 11) is 3.78. The maximum Gasteiger partial charge on any atom is 0.182 e. The SMILES string of the molecule is CC.CC1CC(N(C)C)C(O)C(O)O1. The molecule has 0 spiro atoms. The molecule has 0 aromatic carbocycles. The lowest BCUT2D eigenvalue weighted by molar-refractivity contribution is -0.230. The van der Waals surface area contributed by atoms with E-state index >= 15 is 0 Å². The van der Waals surface area contributed by atoms with E-state index in [9.17, 15) is 10.2 Å². The first kappa shape index (κ1) is 13.8. The summed E-state index contributed by atoms with van der Waals surface area (Å²) in [5.41, 5.74) is 0. The van der Waals surface area contributed by atoms with E-state index in [2.05, 4.69) is 0 Å². The van der Waals surface area contributed by atoms with Gasteiger partial charge in [0.1, 0.15) is 6.10 Å². The van der Waals surface area contributed by atoms with Gasteiger partial charge in [-0.2, -0.15) is 0 Å². The van der Waals surface area contributed by atoms with Crippen molar-refractivity contribution >= 4 is 0 Å². The lowest BCUT2D eigenvalue weighted by atomic mass is 9.99. The average Bonchev–Trinajstić information content (AvgIpc) is 2.14. The molecule has 0 aromatic rings. The first-order valence-corrected chi connectivity index (χ1v) is 5.20. The lowest BCUT2D eigenvalue weighted by Gasteiger charge is -2.38. The van der Waals surface area contributed by atoms with Crippen molar-refractivity contribution in [1.82, 2.24) is 4.90 Å². The van der Waals surface area contributed by atoms with Gasteiger partial charge in [0.2, 0.25) is 0 Å². The summed E-state index contributed by atoms with van der Waals surface area (Å²) in [6, 6.07) is -0.0104. The molecule has 0 aromatic heterocycles. The molecule has 1 aliphatic rings. The van der Waals surface area contributed by atoms with Crippen LogP contribution in [0.2, 0.25) is 0 Å². The summed E-state index contributed by atoms with van der Waals surface area (Å²) in [5.74, 6) is 0. The number of aliphatic hydroxyl groups is 2. The molecule has 1 rings (SSSR count). The van der Waals surface area contributed by atoms with E-state index in [1.165, 1.54) is 0 Å². The number of rotatable bonds is 1. The van der Waals surface area contributed by atoms with E-state index in [0.717, 1.165) is 6.42 Å². The molecule has 1 aliphatic heterocycles. The van der Waals surface area contributed by atoms with Crippen molar-refractivity contribution in [2.75, 3.05) is 14.1 Å². The van der Waals surface area contributed by atoms with Gasteiger partial charge in [-0.15, -0.1) is 0 Å². The molecule has 0 saturated carbocycles. The molecule has 0 bridgehead atoms. The highest BCUT2D eigenvalue weighted by Crippen LogP contribution is 2.21. The first-order valence-electron chi connectivity index (χ1n) is 5.20. The Kier molecular flexibility index (Phi) is 6.27. The number of ether oxygens (including phenoxy) is 1. The maximum absolute atomic E-state index is 9.51. The van der Waals surface area contributed by atoms with Crippen LogP contribution in [0.25, 0.3) is 0 Å². The molecule has 4 unspecified atom stereocenters. The Morgan fingerprint density at radius 2 is 1.71 bits per heavy atom. The van der Waals surface area contributed by atoms with Crippen molar-refractivity contribution in [3.63, 3.8) is 0 Å². The van der Waals surface area contributed by atoms with Crippen molar-refractivity contribution in [2.24, 2.45) is 0 Å². The predicted octanol–water partition coefficient (Wildman–Crippen LogP) is 0.431. The van der Waals surface area contributed by atoms with Crippen LogP contribution in [0.1, 0.15) is 27.2 Å². The number of hydrogen-bond acceptors (Lipinski definition) is 4. The molecule has 0 radical (unpaired) electrons. The van der Waals surface area contributed by atoms with Gasteiger partial charge in [-0.05, 0) is 27.4 Å². The summed E-state index contributed by atoms with van der Waals surface area (Å²) in [6.07, 6.45) is -1.07. The van der Waals surface area contributed by atoms with Crippen LogP contribution in [-0.4, -0.2) is 53.7 Å². The van der Waals surface area contributed by atoms with Crippen molar-refractivity contribution in [3.8, 4) is 0 Å². The second-order valence-corrected chi connectivity index (χ2v) is 3.59. The van der Waals surface area contributed by atoms with Crippen molar-refractivity contribution < 1.29 is 14.9 Å². The van der Waals surface area contributed by atoms with Gasteiger partial charge in [-0.3, -0.25) is 0 Å². The van der Waals surface area contributed by atoms with Crippen LogP contribution >= 0.6 is 0 Å². The highest BCUT2D eigenvalue weighted by Gasteiger charge is 2.35. The predicted molar refractivity (Wildman–Crippen MR) is 56.0 cm³/mol. The van der Waals surface area contributed by atoms with Gasteiger partial charge < -0.3 is 19.8 Å². The minimum Gasteiger partial charge on any atom is -0.386 e. The fraction of sp³-hybridized carbons (Fsp3) is 1.00. The molecule has 1 saturated heterocycles. The van der Waals surface area contributed by atoms with E-state index in [1.807, 2.05) is 39.8 Å². The summed E-state index contributed by atoms with van der Waals surface area (Å²) in [4.78, 5) is 1.91. The molecule has 4 heteroatoms. The topological polar surface area (TPSA) is 52.9 Å². The van der Waals surface area contributed by atoms with Gasteiger partial charge >= 0.3 is 0 Å². The van der Waals surface area contributed by atoms with Crippen LogP contribution < -0.4 is 0 Å². The quantitative estimate of drug-likeness (QED) is 0.652. The molecule has 14 heavy (non-hydrogen) atoms. The monoisotopic (exact) mass is 205 g/mol. The zero-order valence-corrected chi connectivity index (χ0v) is 9.77. The third-order valence-electron chi connectivity index (χ3n) is 2.29. The first-order chi connectivity index (χ1) is 6.52. The zero-order valence-electron chi connectivity index (χ0n) is 9.77. The molecule has 1 heterocycles. The van der Waals surface area contributed by atoms with E-state index in [-0.39, 0.29) is 12.1 Å². The summed E-state index contributed by atoms with van der Waals surface area (Å²) >= 11 is 0. The highest BCUT2D eigenvalue weighted by molar-refractivity contribution is 4.84. The minimum atomic E-state index is -1.04. The molecule has 1 fully saturated rings. The lowest BCUT2D eigenvalue weighted by Crippen LogP contribution is -2.53. The van der Waals surface area contributed by atoms with Gasteiger partial charge in [0.25, 0.3) is 0 Å². The smallest absolute Gasteiger partial charge is 0.182 e. The third kappa shape index (κ3) is 3.53. The van der Waals surface area contributed by atoms with Gasteiger partial charge in [-0.25, -0.2) is 0 Å². The van der Waals surface area contributed by atoms with Gasteiger partial charge in [0.15, 0.2) is 6.29 Å². The Labute approximate surface area is 86.5 Å². The molecule has 4 atom stereocenters. The Morgan fingerprint density at radius 3 is 2.14 bits per heavy atom. The minimum absolute atomic E-state index is 0.01000. The second-order valence-electron chi connectivity index (χ2n) is 3.59. The van der Waals surface area contributed by atoms with Crippen LogP contribution in [0.3, 0.4) is 0 Å². The standard InChI is InChI=1S/C8H17NO3.C2H6/c1-5-4-6(9(2)3)7(10)8(11)12-5;1-2/h5-8,10-11H,4H2,1-3H3;1-2H3. The van der Waals surface area contributed by atoms with Crippen LogP contribution in [0.15, 0.2) is 0 Å². The van der Waals surface area contributed by atoms with E-state index in [4.69, 9.17) is 4.74 Å². The van der Waals surface area contributed by atoms with Crippen molar-refractivity contribution in [1.29, 1.82) is 0 Å². The fourth-order valence-electron chi connectivity index (χ4n) is 1.56. The third-order valence-corrected chi connectivity index (χ3v) is 2.29. The molecule has 0 aliphatic carbocycles. The Morgan fingerprint density at radius 1 is 1.21 bits per heavy atom. The Balaban J connectivity index is 0.000000791.